The van der Waals surface area contributed by atoms with Gasteiger partial charge in [0.25, 0.3) is 17.5 Å². The highest BCUT2D eigenvalue weighted by molar-refractivity contribution is 7.89. The zero-order chi connectivity index (χ0) is 27.8. The van der Waals surface area contributed by atoms with E-state index in [0.29, 0.717) is 5.56 Å². The van der Waals surface area contributed by atoms with Gasteiger partial charge in [0.2, 0.25) is 15.9 Å². The first kappa shape index (κ1) is 26.9. The number of benzene rings is 3. The van der Waals surface area contributed by atoms with Gasteiger partial charge in [-0.05, 0) is 48.9 Å². The van der Waals surface area contributed by atoms with Gasteiger partial charge < -0.3 is 4.90 Å². The highest BCUT2D eigenvalue weighted by Gasteiger charge is 2.44. The van der Waals surface area contributed by atoms with Gasteiger partial charge in [0.15, 0.2) is 0 Å². The van der Waals surface area contributed by atoms with Crippen LogP contribution < -0.4 is 10.0 Å². The van der Waals surface area contributed by atoms with Gasteiger partial charge in [-0.25, -0.2) is 18.5 Å². The molecule has 3 aromatic rings. The molecule has 13 heteroatoms. The van der Waals surface area contributed by atoms with Crippen LogP contribution in [0.25, 0.3) is 0 Å². The molecule has 0 bridgehead atoms. The molecule has 196 valence electrons. The summed E-state index contributed by atoms with van der Waals surface area (Å²) in [5, 5.41) is 16.3. The Morgan fingerprint density at radius 3 is 2.32 bits per heavy atom. The molecule has 1 heterocycles. The van der Waals surface area contributed by atoms with Crippen LogP contribution in [0.3, 0.4) is 0 Å². The molecule has 1 aliphatic rings. The van der Waals surface area contributed by atoms with Crippen LogP contribution in [-0.4, -0.2) is 42.0 Å². The summed E-state index contributed by atoms with van der Waals surface area (Å²) >= 11 is 5.90. The van der Waals surface area contributed by atoms with E-state index in [0.717, 1.165) is 16.5 Å². The average molecular weight is 557 g/mol. The van der Waals surface area contributed by atoms with Crippen LogP contribution in [0.1, 0.15) is 27.9 Å². The van der Waals surface area contributed by atoms with E-state index in [9.17, 15) is 32.9 Å². The van der Waals surface area contributed by atoms with E-state index in [-0.39, 0.29) is 34.1 Å². The fourth-order valence-electron chi connectivity index (χ4n) is 4.08. The SMILES string of the molecule is Cc1ccc(CN(C(=O)c2ccc(Cl)c([N+](=O)[O-])c2)C2CC(=O)N(c3ccc(S(N)(=O)=O)cc3)C2=O)cc1. The summed E-state index contributed by atoms with van der Waals surface area (Å²) < 4.78 is 23.1. The lowest BCUT2D eigenvalue weighted by Gasteiger charge is -2.28. The molecule has 38 heavy (non-hydrogen) atoms. The Morgan fingerprint density at radius 1 is 1.11 bits per heavy atom. The first-order valence-corrected chi connectivity index (χ1v) is 13.1. The number of rotatable bonds is 7. The van der Waals surface area contributed by atoms with Gasteiger partial charge in [-0.3, -0.25) is 24.5 Å². The molecular formula is C25H21ClN4O7S. The molecule has 11 nitrogen and oxygen atoms in total. The Hall–Kier alpha value is -4.13. The van der Waals surface area contributed by atoms with Crippen molar-refractivity contribution in [2.75, 3.05) is 4.90 Å². The van der Waals surface area contributed by atoms with E-state index in [1.807, 2.05) is 19.1 Å². The number of nitro groups is 1. The van der Waals surface area contributed by atoms with Gasteiger partial charge in [-0.2, -0.15) is 0 Å². The lowest BCUT2D eigenvalue weighted by Crippen LogP contribution is -2.45. The number of nitro benzene ring substituents is 1. The average Bonchev–Trinajstić information content (AvgIpc) is 3.16. The Labute approximate surface area is 222 Å². The highest BCUT2D eigenvalue weighted by atomic mass is 35.5. The molecule has 1 saturated heterocycles. The van der Waals surface area contributed by atoms with Crippen molar-refractivity contribution in [3.8, 4) is 0 Å². The lowest BCUT2D eigenvalue weighted by molar-refractivity contribution is -0.384. The van der Waals surface area contributed by atoms with Crippen LogP contribution in [0.2, 0.25) is 5.02 Å². The molecule has 3 aromatic carbocycles. The molecular weight excluding hydrogens is 536 g/mol. The van der Waals surface area contributed by atoms with Gasteiger partial charge >= 0.3 is 0 Å². The number of carbonyl (C=O) groups excluding carboxylic acids is 3. The first-order valence-electron chi connectivity index (χ1n) is 11.2. The molecule has 1 unspecified atom stereocenters. The molecule has 3 amide bonds. The predicted molar refractivity (Wildman–Crippen MR) is 138 cm³/mol. The maximum absolute atomic E-state index is 13.6. The number of primary sulfonamides is 1. The maximum atomic E-state index is 13.6. The number of carbonyl (C=O) groups is 3. The normalized spacial score (nSPS) is 15.6. The maximum Gasteiger partial charge on any atom is 0.288 e. The Bertz CT molecular complexity index is 1560. The van der Waals surface area contributed by atoms with Gasteiger partial charge in [-0.15, -0.1) is 0 Å². The van der Waals surface area contributed by atoms with Crippen LogP contribution in [0, 0.1) is 17.0 Å². The molecule has 1 aliphatic heterocycles. The number of hydrogen-bond donors (Lipinski definition) is 1. The Kier molecular flexibility index (Phi) is 7.31. The summed E-state index contributed by atoms with van der Waals surface area (Å²) in [7, 11) is -3.99. The molecule has 2 N–H and O–H groups in total. The number of anilines is 1. The van der Waals surface area contributed by atoms with E-state index in [2.05, 4.69) is 0 Å². The summed E-state index contributed by atoms with van der Waals surface area (Å²) in [6.07, 6.45) is -0.344. The Balaban J connectivity index is 1.72. The highest BCUT2D eigenvalue weighted by Crippen LogP contribution is 2.30. The minimum absolute atomic E-state index is 0.0581. The third kappa shape index (κ3) is 5.42. The van der Waals surface area contributed by atoms with Crippen molar-refractivity contribution in [2.24, 2.45) is 5.14 Å². The largest absolute Gasteiger partial charge is 0.322 e. The van der Waals surface area contributed by atoms with Crippen molar-refractivity contribution in [3.63, 3.8) is 0 Å². The second kappa shape index (κ2) is 10.3. The quantitative estimate of drug-likeness (QED) is 0.265. The van der Waals surface area contributed by atoms with Gasteiger partial charge in [0, 0.05) is 18.2 Å². The van der Waals surface area contributed by atoms with Crippen molar-refractivity contribution in [3.05, 3.63) is 98.6 Å². The third-order valence-electron chi connectivity index (χ3n) is 6.05. The molecule has 1 fully saturated rings. The predicted octanol–water partition coefficient (Wildman–Crippen LogP) is 3.18. The fourth-order valence-corrected chi connectivity index (χ4v) is 4.78. The summed E-state index contributed by atoms with van der Waals surface area (Å²) in [4.78, 5) is 52.6. The lowest BCUT2D eigenvalue weighted by atomic mass is 10.1. The zero-order valence-electron chi connectivity index (χ0n) is 19.9. The number of amides is 3. The van der Waals surface area contributed by atoms with Crippen molar-refractivity contribution in [1.29, 1.82) is 0 Å². The van der Waals surface area contributed by atoms with Gasteiger partial charge in [-0.1, -0.05) is 41.4 Å². The first-order chi connectivity index (χ1) is 17.9. The van der Waals surface area contributed by atoms with E-state index < -0.39 is 44.4 Å². The van der Waals surface area contributed by atoms with E-state index in [1.54, 1.807) is 12.1 Å². The van der Waals surface area contributed by atoms with Crippen LogP contribution in [0.15, 0.2) is 71.6 Å². The molecule has 1 atom stereocenters. The smallest absolute Gasteiger partial charge is 0.288 e. The van der Waals surface area contributed by atoms with Crippen LogP contribution >= 0.6 is 11.6 Å². The monoisotopic (exact) mass is 556 g/mol. The topological polar surface area (TPSA) is 161 Å². The second-order valence-corrected chi connectivity index (χ2v) is 10.6. The number of aryl methyl sites for hydroxylation is 1. The Morgan fingerprint density at radius 2 is 1.74 bits per heavy atom. The van der Waals surface area contributed by atoms with E-state index in [1.165, 1.54) is 41.3 Å². The van der Waals surface area contributed by atoms with Crippen molar-refractivity contribution in [2.45, 2.75) is 30.8 Å². The number of sulfonamides is 1. The summed E-state index contributed by atoms with van der Waals surface area (Å²) in [5.74, 6) is -2.02. The van der Waals surface area contributed by atoms with Gasteiger partial charge in [0.1, 0.15) is 11.1 Å². The number of nitrogens with two attached hydrogens (primary N) is 1. The van der Waals surface area contributed by atoms with Crippen LogP contribution in [0.4, 0.5) is 11.4 Å². The van der Waals surface area contributed by atoms with Gasteiger partial charge in [0.05, 0.1) is 21.9 Å². The van der Waals surface area contributed by atoms with E-state index in [4.69, 9.17) is 16.7 Å². The van der Waals surface area contributed by atoms with Crippen LogP contribution in [-0.2, 0) is 26.2 Å². The number of halogens is 1. The standard InChI is InChI=1S/C25H21ClN4O7S/c1-15-2-4-16(5-3-15)14-28(24(32)17-6-11-20(26)21(12-17)30(34)35)22-13-23(31)29(25(22)33)18-7-9-19(10-8-18)38(27,36)37/h2-12,22H,13-14H2,1H3,(H2,27,36,37). The number of nitrogens with zero attached hydrogens (tertiary/aromatic N) is 3. The molecule has 0 radical (unpaired) electrons. The van der Waals surface area contributed by atoms with Crippen molar-refractivity contribution >= 4 is 50.7 Å². The molecule has 0 spiro atoms. The van der Waals surface area contributed by atoms with Crippen molar-refractivity contribution < 1.29 is 27.7 Å². The summed E-state index contributed by atoms with van der Waals surface area (Å²) in [5.41, 5.74) is 1.20. The minimum Gasteiger partial charge on any atom is -0.322 e. The number of hydrogen-bond acceptors (Lipinski definition) is 7. The number of imide groups is 1. The minimum atomic E-state index is -3.99. The fraction of sp³-hybridized carbons (Fsp3) is 0.160. The van der Waals surface area contributed by atoms with Crippen molar-refractivity contribution in [1.82, 2.24) is 4.90 Å². The second-order valence-electron chi connectivity index (χ2n) is 8.67. The molecule has 0 aromatic heterocycles. The molecule has 0 saturated carbocycles. The summed E-state index contributed by atoms with van der Waals surface area (Å²) in [6, 6.07) is 14.4. The van der Waals surface area contributed by atoms with E-state index >= 15 is 0 Å². The molecule has 4 rings (SSSR count). The zero-order valence-corrected chi connectivity index (χ0v) is 21.5. The summed E-state index contributed by atoms with van der Waals surface area (Å²) in [6.45, 7) is 1.83. The molecule has 0 aliphatic carbocycles. The third-order valence-corrected chi connectivity index (χ3v) is 7.30. The van der Waals surface area contributed by atoms with Crippen LogP contribution in [0.5, 0.6) is 0 Å².